The number of H-pyrrole nitrogens is 1. The largest absolute Gasteiger partial charge is 0.356 e. The topological polar surface area (TPSA) is 45.8 Å². The number of aryl methyl sites for hydroxylation is 1. The van der Waals surface area contributed by atoms with Gasteiger partial charge in [0.2, 0.25) is 0 Å². The predicted molar refractivity (Wildman–Crippen MR) is 61.1 cm³/mol. The summed E-state index contributed by atoms with van der Waals surface area (Å²) in [6.45, 7) is 0. The Balaban J connectivity index is 2.36. The van der Waals surface area contributed by atoms with Gasteiger partial charge in [-0.1, -0.05) is 0 Å². The number of carbonyl (C=O) groups is 1. The summed E-state index contributed by atoms with van der Waals surface area (Å²) < 4.78 is 0.932. The lowest BCUT2D eigenvalue weighted by atomic mass is 9.96. The van der Waals surface area contributed by atoms with Crippen LogP contribution in [0.1, 0.15) is 28.9 Å². The van der Waals surface area contributed by atoms with Gasteiger partial charge in [-0.3, -0.25) is 9.78 Å². The van der Waals surface area contributed by atoms with Gasteiger partial charge < -0.3 is 4.98 Å². The molecule has 1 N–H and O–H groups in total. The van der Waals surface area contributed by atoms with Crippen molar-refractivity contribution >= 4 is 32.7 Å². The van der Waals surface area contributed by atoms with Crippen molar-refractivity contribution in [3.05, 3.63) is 28.0 Å². The highest BCUT2D eigenvalue weighted by Crippen LogP contribution is 2.28. The molecule has 76 valence electrons. The van der Waals surface area contributed by atoms with Crippen LogP contribution in [0.5, 0.6) is 0 Å². The Morgan fingerprint density at radius 2 is 2.27 bits per heavy atom. The van der Waals surface area contributed by atoms with Crippen LogP contribution in [-0.2, 0) is 6.42 Å². The molecule has 0 radical (unpaired) electrons. The van der Waals surface area contributed by atoms with Gasteiger partial charge in [-0.05, 0) is 34.8 Å². The van der Waals surface area contributed by atoms with Gasteiger partial charge in [0.15, 0.2) is 5.78 Å². The summed E-state index contributed by atoms with van der Waals surface area (Å²) in [5, 5.41) is 0. The van der Waals surface area contributed by atoms with E-state index in [1.54, 1.807) is 6.20 Å². The molecule has 0 bridgehead atoms. The lowest BCUT2D eigenvalue weighted by Crippen LogP contribution is -2.09. The number of rotatable bonds is 0. The molecule has 3 nitrogen and oxygen atoms in total. The summed E-state index contributed by atoms with van der Waals surface area (Å²) in [4.78, 5) is 19.4. The standard InChI is InChI=1S/C11H9BrN2O/c12-6-4-8-11(13-5-6)10-7(14-8)2-1-3-9(10)15/h4-5,14H,1-3H2. The second kappa shape index (κ2) is 3.17. The predicted octanol–water partition coefficient (Wildman–Crippen LogP) is 2.84. The molecular weight excluding hydrogens is 256 g/mol. The summed E-state index contributed by atoms with van der Waals surface area (Å²) in [5.41, 5.74) is 3.62. The maximum atomic E-state index is 11.8. The first kappa shape index (κ1) is 9.09. The number of nitrogens with one attached hydrogen (secondary N) is 1. The number of ketones is 1. The average molecular weight is 265 g/mol. The molecule has 0 aliphatic heterocycles. The van der Waals surface area contributed by atoms with E-state index < -0.39 is 0 Å². The van der Waals surface area contributed by atoms with E-state index in [1.165, 1.54) is 0 Å². The molecule has 0 amide bonds. The molecule has 0 fully saturated rings. The first-order chi connectivity index (χ1) is 7.25. The fraction of sp³-hybridized carbons (Fsp3) is 0.273. The lowest BCUT2D eigenvalue weighted by molar-refractivity contribution is 0.0974. The fourth-order valence-electron chi connectivity index (χ4n) is 2.14. The molecule has 4 heteroatoms. The van der Waals surface area contributed by atoms with Crippen LogP contribution in [0.15, 0.2) is 16.7 Å². The number of hydrogen-bond donors (Lipinski definition) is 1. The van der Waals surface area contributed by atoms with Crippen LogP contribution in [0.3, 0.4) is 0 Å². The lowest BCUT2D eigenvalue weighted by Gasteiger charge is -2.08. The second-order valence-electron chi connectivity index (χ2n) is 3.80. The van der Waals surface area contributed by atoms with Crippen molar-refractivity contribution in [1.82, 2.24) is 9.97 Å². The minimum absolute atomic E-state index is 0.220. The smallest absolute Gasteiger partial charge is 0.166 e. The summed E-state index contributed by atoms with van der Waals surface area (Å²) >= 11 is 3.37. The number of halogens is 1. The molecule has 0 unspecified atom stereocenters. The number of aromatic amines is 1. The molecule has 15 heavy (non-hydrogen) atoms. The van der Waals surface area contributed by atoms with Crippen LogP contribution in [-0.4, -0.2) is 15.8 Å². The first-order valence-corrected chi connectivity index (χ1v) is 5.74. The van der Waals surface area contributed by atoms with Gasteiger partial charge in [0.25, 0.3) is 0 Å². The first-order valence-electron chi connectivity index (χ1n) is 4.95. The molecule has 2 aromatic heterocycles. The Bertz CT molecular complexity index is 559. The Morgan fingerprint density at radius 3 is 3.13 bits per heavy atom. The zero-order valence-electron chi connectivity index (χ0n) is 8.01. The van der Waals surface area contributed by atoms with Gasteiger partial charge in [-0.15, -0.1) is 0 Å². The molecule has 1 aliphatic rings. The molecular formula is C11H9BrN2O. The van der Waals surface area contributed by atoms with E-state index in [-0.39, 0.29) is 5.78 Å². The Hall–Kier alpha value is -1.16. The molecule has 2 heterocycles. The number of aromatic nitrogens is 2. The number of carbonyl (C=O) groups excluding carboxylic acids is 1. The third-order valence-corrected chi connectivity index (χ3v) is 3.22. The maximum Gasteiger partial charge on any atom is 0.166 e. The Labute approximate surface area is 95.0 Å². The van der Waals surface area contributed by atoms with Crippen LogP contribution >= 0.6 is 15.9 Å². The minimum Gasteiger partial charge on any atom is -0.356 e. The van der Waals surface area contributed by atoms with Gasteiger partial charge in [-0.25, -0.2) is 0 Å². The van der Waals surface area contributed by atoms with Gasteiger partial charge in [0.1, 0.15) is 0 Å². The molecule has 0 saturated heterocycles. The molecule has 0 spiro atoms. The zero-order valence-corrected chi connectivity index (χ0v) is 9.60. The Kier molecular flexibility index (Phi) is 1.92. The minimum atomic E-state index is 0.220. The highest BCUT2D eigenvalue weighted by molar-refractivity contribution is 9.10. The van der Waals surface area contributed by atoms with Crippen molar-refractivity contribution in [2.75, 3.05) is 0 Å². The van der Waals surface area contributed by atoms with Crippen molar-refractivity contribution in [3.8, 4) is 0 Å². The summed E-state index contributed by atoms with van der Waals surface area (Å²) in [6.07, 6.45) is 4.28. The van der Waals surface area contributed by atoms with Crippen molar-refractivity contribution < 1.29 is 4.79 Å². The highest BCUT2D eigenvalue weighted by atomic mass is 79.9. The van der Waals surface area contributed by atoms with E-state index >= 15 is 0 Å². The summed E-state index contributed by atoms with van der Waals surface area (Å²) in [6, 6.07) is 1.97. The summed E-state index contributed by atoms with van der Waals surface area (Å²) in [5.74, 6) is 0.220. The Morgan fingerprint density at radius 1 is 1.40 bits per heavy atom. The molecule has 0 aromatic carbocycles. The SMILES string of the molecule is O=C1CCCc2[nH]c3cc(Br)cnc3c21. The number of Topliss-reactive ketones (excluding diaryl/α,β-unsaturated/α-hetero) is 1. The summed E-state index contributed by atoms with van der Waals surface area (Å²) in [7, 11) is 0. The zero-order chi connectivity index (χ0) is 10.4. The normalized spacial score (nSPS) is 15.7. The van der Waals surface area contributed by atoms with Crippen LogP contribution in [0.2, 0.25) is 0 Å². The number of fused-ring (bicyclic) bond motifs is 3. The number of hydrogen-bond acceptors (Lipinski definition) is 2. The van der Waals surface area contributed by atoms with Gasteiger partial charge in [0, 0.05) is 22.8 Å². The van der Waals surface area contributed by atoms with E-state index in [0.717, 1.165) is 39.6 Å². The van der Waals surface area contributed by atoms with Crippen LogP contribution in [0.25, 0.3) is 11.0 Å². The quantitative estimate of drug-likeness (QED) is 0.796. The molecule has 3 rings (SSSR count). The van der Waals surface area contributed by atoms with Crippen molar-refractivity contribution in [2.24, 2.45) is 0 Å². The maximum absolute atomic E-state index is 11.8. The highest BCUT2D eigenvalue weighted by Gasteiger charge is 2.22. The van der Waals surface area contributed by atoms with E-state index in [4.69, 9.17) is 0 Å². The molecule has 0 atom stereocenters. The van der Waals surface area contributed by atoms with E-state index in [0.29, 0.717) is 6.42 Å². The fourth-order valence-corrected chi connectivity index (χ4v) is 2.47. The molecule has 1 aliphatic carbocycles. The third kappa shape index (κ3) is 1.32. The van der Waals surface area contributed by atoms with E-state index in [1.807, 2.05) is 6.07 Å². The monoisotopic (exact) mass is 264 g/mol. The van der Waals surface area contributed by atoms with Crippen LogP contribution in [0, 0.1) is 0 Å². The average Bonchev–Trinajstić information content (AvgIpc) is 2.56. The second-order valence-corrected chi connectivity index (χ2v) is 4.72. The van der Waals surface area contributed by atoms with Crippen molar-refractivity contribution in [2.45, 2.75) is 19.3 Å². The van der Waals surface area contributed by atoms with Gasteiger partial charge >= 0.3 is 0 Å². The van der Waals surface area contributed by atoms with Gasteiger partial charge in [0.05, 0.1) is 16.6 Å². The van der Waals surface area contributed by atoms with Gasteiger partial charge in [-0.2, -0.15) is 0 Å². The number of pyridine rings is 1. The van der Waals surface area contributed by atoms with E-state index in [9.17, 15) is 4.79 Å². The third-order valence-electron chi connectivity index (χ3n) is 2.79. The molecule has 0 saturated carbocycles. The number of nitrogens with zero attached hydrogens (tertiary/aromatic N) is 1. The van der Waals surface area contributed by atoms with Crippen molar-refractivity contribution in [3.63, 3.8) is 0 Å². The van der Waals surface area contributed by atoms with Crippen LogP contribution in [0.4, 0.5) is 0 Å². The molecule has 2 aromatic rings. The van der Waals surface area contributed by atoms with Crippen molar-refractivity contribution in [1.29, 1.82) is 0 Å². The van der Waals surface area contributed by atoms with Crippen LogP contribution < -0.4 is 0 Å². The van der Waals surface area contributed by atoms with E-state index in [2.05, 4.69) is 25.9 Å².